The minimum absolute atomic E-state index is 0.140. The molecule has 2 aromatic heterocycles. The molecule has 9 heteroatoms. The van der Waals surface area contributed by atoms with E-state index in [-0.39, 0.29) is 11.6 Å². The van der Waals surface area contributed by atoms with Crippen LogP contribution in [0.3, 0.4) is 0 Å². The molecule has 150 valence electrons. The van der Waals surface area contributed by atoms with Gasteiger partial charge in [-0.15, -0.1) is 0 Å². The third-order valence-corrected chi connectivity index (χ3v) is 5.12. The summed E-state index contributed by atoms with van der Waals surface area (Å²) in [6, 6.07) is 10.7. The molecule has 1 aliphatic rings. The van der Waals surface area contributed by atoms with Gasteiger partial charge in [0.05, 0.1) is 11.1 Å². The summed E-state index contributed by atoms with van der Waals surface area (Å²) in [6.45, 7) is 1.77. The fraction of sp³-hybridized carbons (Fsp3) is 0.250. The minimum Gasteiger partial charge on any atom is -0.439 e. The number of piperidine rings is 1. The molecule has 8 nitrogen and oxygen atoms in total. The number of hydrogen-bond acceptors (Lipinski definition) is 6. The van der Waals surface area contributed by atoms with E-state index >= 15 is 0 Å². The van der Waals surface area contributed by atoms with Crippen LogP contribution in [0.2, 0.25) is 5.02 Å². The SMILES string of the molecule is NC(=O)c1c(-c2ccc(Oc3ccc(Cl)cn3)cc2)nn(C2CCNCC2)c1N. The van der Waals surface area contributed by atoms with Crippen molar-refractivity contribution in [2.75, 3.05) is 18.8 Å². The summed E-state index contributed by atoms with van der Waals surface area (Å²) >= 11 is 5.84. The Morgan fingerprint density at radius 1 is 1.17 bits per heavy atom. The molecule has 3 heterocycles. The van der Waals surface area contributed by atoms with Gasteiger partial charge in [0.1, 0.15) is 22.8 Å². The van der Waals surface area contributed by atoms with Crippen LogP contribution in [0.5, 0.6) is 11.6 Å². The van der Waals surface area contributed by atoms with Crippen molar-refractivity contribution in [1.29, 1.82) is 0 Å². The number of pyridine rings is 1. The molecule has 1 amide bonds. The summed E-state index contributed by atoms with van der Waals surface area (Å²) < 4.78 is 7.44. The van der Waals surface area contributed by atoms with Gasteiger partial charge in [0.25, 0.3) is 5.91 Å². The van der Waals surface area contributed by atoms with Gasteiger partial charge >= 0.3 is 0 Å². The second kappa shape index (κ2) is 8.10. The van der Waals surface area contributed by atoms with Gasteiger partial charge in [-0.2, -0.15) is 5.10 Å². The van der Waals surface area contributed by atoms with Crippen molar-refractivity contribution < 1.29 is 9.53 Å². The van der Waals surface area contributed by atoms with Crippen LogP contribution in [-0.2, 0) is 0 Å². The summed E-state index contributed by atoms with van der Waals surface area (Å²) in [5, 5.41) is 8.49. The zero-order chi connectivity index (χ0) is 20.4. The average molecular weight is 413 g/mol. The van der Waals surface area contributed by atoms with E-state index in [0.717, 1.165) is 31.5 Å². The fourth-order valence-corrected chi connectivity index (χ4v) is 3.56. The third kappa shape index (κ3) is 4.03. The van der Waals surface area contributed by atoms with Crippen molar-refractivity contribution in [2.24, 2.45) is 5.73 Å². The number of nitrogens with one attached hydrogen (secondary N) is 1. The molecule has 0 atom stereocenters. The number of nitrogens with zero attached hydrogens (tertiary/aromatic N) is 3. The molecule has 0 aliphatic carbocycles. The Balaban J connectivity index is 1.63. The topological polar surface area (TPSA) is 121 Å². The smallest absolute Gasteiger partial charge is 0.254 e. The van der Waals surface area contributed by atoms with Crippen molar-refractivity contribution in [3.8, 4) is 22.9 Å². The first-order valence-corrected chi connectivity index (χ1v) is 9.69. The van der Waals surface area contributed by atoms with Gasteiger partial charge in [-0.25, -0.2) is 9.67 Å². The Bertz CT molecular complexity index is 1010. The lowest BCUT2D eigenvalue weighted by Gasteiger charge is -2.23. The van der Waals surface area contributed by atoms with Crippen molar-refractivity contribution in [1.82, 2.24) is 20.1 Å². The van der Waals surface area contributed by atoms with E-state index in [1.54, 1.807) is 28.9 Å². The van der Waals surface area contributed by atoms with Crippen LogP contribution in [-0.4, -0.2) is 33.8 Å². The number of aromatic nitrogens is 3. The number of nitrogens with two attached hydrogens (primary N) is 2. The Kier molecular flexibility index (Phi) is 5.37. The zero-order valence-electron chi connectivity index (χ0n) is 15.6. The molecule has 0 saturated carbocycles. The summed E-state index contributed by atoms with van der Waals surface area (Å²) in [6.07, 6.45) is 3.30. The molecule has 0 bridgehead atoms. The second-order valence-electron chi connectivity index (χ2n) is 6.84. The molecular formula is C20H21ClN6O2. The summed E-state index contributed by atoms with van der Waals surface area (Å²) in [5.41, 5.74) is 13.3. The molecule has 1 saturated heterocycles. The van der Waals surface area contributed by atoms with Gasteiger partial charge in [0, 0.05) is 17.8 Å². The summed E-state index contributed by atoms with van der Waals surface area (Å²) in [7, 11) is 0. The first kappa shape index (κ1) is 19.2. The largest absolute Gasteiger partial charge is 0.439 e. The normalized spacial score (nSPS) is 14.7. The van der Waals surface area contributed by atoms with E-state index in [2.05, 4.69) is 15.4 Å². The van der Waals surface area contributed by atoms with Crippen molar-refractivity contribution in [3.05, 3.63) is 53.2 Å². The van der Waals surface area contributed by atoms with Gasteiger partial charge in [-0.05, 0) is 56.3 Å². The van der Waals surface area contributed by atoms with Crippen molar-refractivity contribution in [3.63, 3.8) is 0 Å². The van der Waals surface area contributed by atoms with Crippen LogP contribution in [0.25, 0.3) is 11.3 Å². The molecule has 0 spiro atoms. The van der Waals surface area contributed by atoms with Crippen molar-refractivity contribution in [2.45, 2.75) is 18.9 Å². The molecule has 1 fully saturated rings. The Labute approximate surface area is 172 Å². The number of nitrogen functional groups attached to an aromatic ring is 1. The highest BCUT2D eigenvalue weighted by Gasteiger charge is 2.26. The monoisotopic (exact) mass is 412 g/mol. The standard InChI is InChI=1S/C20H21ClN6O2/c21-13-3-6-16(25-11-13)29-15-4-1-12(2-5-15)18-17(20(23)28)19(22)27(26-18)14-7-9-24-10-8-14/h1-6,11,14,24H,7-10,22H2,(H2,23,28). The molecule has 0 radical (unpaired) electrons. The lowest BCUT2D eigenvalue weighted by molar-refractivity contribution is 0.100. The molecule has 0 unspecified atom stereocenters. The number of halogens is 1. The van der Waals surface area contributed by atoms with Gasteiger partial charge in [0.2, 0.25) is 5.88 Å². The third-order valence-electron chi connectivity index (χ3n) is 4.90. The zero-order valence-corrected chi connectivity index (χ0v) is 16.4. The number of ether oxygens (including phenoxy) is 1. The second-order valence-corrected chi connectivity index (χ2v) is 7.28. The number of hydrogen-bond donors (Lipinski definition) is 3. The molecule has 4 rings (SSSR count). The molecule has 3 aromatic rings. The first-order valence-electron chi connectivity index (χ1n) is 9.31. The number of primary amides is 1. The van der Waals surface area contributed by atoms with Crippen molar-refractivity contribution >= 4 is 23.3 Å². The summed E-state index contributed by atoms with van der Waals surface area (Å²) in [4.78, 5) is 16.2. The van der Waals surface area contributed by atoms with Crippen LogP contribution >= 0.6 is 11.6 Å². The average Bonchev–Trinajstić information content (AvgIpc) is 3.08. The van der Waals surface area contributed by atoms with Gasteiger partial charge < -0.3 is 21.5 Å². The molecule has 1 aromatic carbocycles. The predicted molar refractivity (Wildman–Crippen MR) is 111 cm³/mol. The van der Waals surface area contributed by atoms with E-state index in [1.165, 1.54) is 6.20 Å². The Morgan fingerprint density at radius 2 is 1.90 bits per heavy atom. The van der Waals surface area contributed by atoms with E-state index in [1.807, 2.05) is 12.1 Å². The highest BCUT2D eigenvalue weighted by Crippen LogP contribution is 2.32. The van der Waals surface area contributed by atoms with Gasteiger partial charge in [-0.3, -0.25) is 4.79 Å². The van der Waals surface area contributed by atoms with Crippen LogP contribution < -0.4 is 21.5 Å². The number of amides is 1. The number of carbonyl (C=O) groups excluding carboxylic acids is 1. The molecule has 5 N–H and O–H groups in total. The number of carbonyl (C=O) groups is 1. The lowest BCUT2D eigenvalue weighted by atomic mass is 10.1. The predicted octanol–water partition coefficient (Wildman–Crippen LogP) is 3.00. The highest BCUT2D eigenvalue weighted by molar-refractivity contribution is 6.30. The maximum atomic E-state index is 12.1. The molecule has 29 heavy (non-hydrogen) atoms. The van der Waals surface area contributed by atoms with Gasteiger partial charge in [-0.1, -0.05) is 11.6 Å². The number of benzene rings is 1. The van der Waals surface area contributed by atoms with Crippen LogP contribution in [0.1, 0.15) is 29.2 Å². The number of rotatable bonds is 5. The molecular weight excluding hydrogens is 392 g/mol. The minimum atomic E-state index is -0.594. The van der Waals surface area contributed by atoms with E-state index in [9.17, 15) is 4.79 Å². The van der Waals surface area contributed by atoms with Crippen LogP contribution in [0.15, 0.2) is 42.6 Å². The van der Waals surface area contributed by atoms with E-state index in [0.29, 0.717) is 28.2 Å². The highest BCUT2D eigenvalue weighted by atomic mass is 35.5. The fourth-order valence-electron chi connectivity index (χ4n) is 3.45. The quantitative estimate of drug-likeness (QED) is 0.592. The maximum absolute atomic E-state index is 12.1. The Morgan fingerprint density at radius 3 is 2.52 bits per heavy atom. The Hall–Kier alpha value is -3.10. The summed E-state index contributed by atoms with van der Waals surface area (Å²) in [5.74, 6) is 0.739. The first-order chi connectivity index (χ1) is 14.0. The maximum Gasteiger partial charge on any atom is 0.254 e. The van der Waals surface area contributed by atoms with E-state index in [4.69, 9.17) is 27.8 Å². The molecule has 1 aliphatic heterocycles. The van der Waals surface area contributed by atoms with Crippen LogP contribution in [0.4, 0.5) is 5.82 Å². The van der Waals surface area contributed by atoms with Crippen LogP contribution in [0, 0.1) is 0 Å². The lowest BCUT2D eigenvalue weighted by Crippen LogP contribution is -2.30. The van der Waals surface area contributed by atoms with Gasteiger partial charge in [0.15, 0.2) is 0 Å². The number of anilines is 1. The van der Waals surface area contributed by atoms with E-state index < -0.39 is 5.91 Å².